The van der Waals surface area contributed by atoms with Gasteiger partial charge in [-0.2, -0.15) is 0 Å². The molecule has 130 valence electrons. The molecule has 2 aromatic carbocycles. The van der Waals surface area contributed by atoms with E-state index in [1.807, 2.05) is 37.3 Å². The van der Waals surface area contributed by atoms with Gasteiger partial charge < -0.3 is 15.2 Å². The molecule has 0 aliphatic heterocycles. The maximum Gasteiger partial charge on any atom is 0.161 e. The molecule has 2 aromatic rings. The average molecular weight is 348 g/mol. The second-order valence-corrected chi connectivity index (χ2v) is 6.20. The van der Waals surface area contributed by atoms with Crippen molar-refractivity contribution < 1.29 is 9.47 Å². The Morgan fingerprint density at radius 2 is 1.79 bits per heavy atom. The monoisotopic (exact) mass is 347 g/mol. The van der Waals surface area contributed by atoms with Crippen LogP contribution < -0.4 is 15.2 Å². The molecule has 3 nitrogen and oxygen atoms in total. The van der Waals surface area contributed by atoms with E-state index in [1.54, 1.807) is 0 Å². The molecule has 24 heavy (non-hydrogen) atoms. The molecular formula is C20H26ClNO2. The fourth-order valence-electron chi connectivity index (χ4n) is 2.73. The van der Waals surface area contributed by atoms with Gasteiger partial charge in [-0.1, -0.05) is 49.2 Å². The highest BCUT2D eigenvalue weighted by atomic mass is 35.5. The predicted molar refractivity (Wildman–Crippen MR) is 99.9 cm³/mol. The Kier molecular flexibility index (Phi) is 6.95. The van der Waals surface area contributed by atoms with E-state index in [1.165, 1.54) is 12.8 Å². The third kappa shape index (κ3) is 5.15. The minimum Gasteiger partial charge on any atom is -0.490 e. The van der Waals surface area contributed by atoms with Gasteiger partial charge in [-0.25, -0.2) is 0 Å². The maximum absolute atomic E-state index is 6.32. The van der Waals surface area contributed by atoms with Crippen LogP contribution in [-0.4, -0.2) is 6.61 Å². The number of rotatable bonds is 8. The zero-order valence-electron chi connectivity index (χ0n) is 14.1. The summed E-state index contributed by atoms with van der Waals surface area (Å²) in [5.41, 5.74) is 8.59. The van der Waals surface area contributed by atoms with Crippen molar-refractivity contribution in [3.63, 3.8) is 0 Å². The molecule has 1 aliphatic carbocycles. The lowest BCUT2D eigenvalue weighted by Gasteiger charge is -2.16. The van der Waals surface area contributed by atoms with E-state index in [4.69, 9.17) is 15.2 Å². The molecule has 2 N–H and O–H groups in total. The SMILES string of the molecule is CCOc1cc([C@H](N)CC2CC2)ccc1OCc1ccccc1.Cl. The van der Waals surface area contributed by atoms with Crippen molar-refractivity contribution in [3.05, 3.63) is 59.7 Å². The fraction of sp³-hybridized carbons (Fsp3) is 0.400. The summed E-state index contributed by atoms with van der Waals surface area (Å²) in [4.78, 5) is 0. The van der Waals surface area contributed by atoms with Gasteiger partial charge in [0.05, 0.1) is 6.61 Å². The first kappa shape index (κ1) is 18.6. The molecule has 4 heteroatoms. The van der Waals surface area contributed by atoms with E-state index in [-0.39, 0.29) is 18.4 Å². The van der Waals surface area contributed by atoms with Crippen molar-refractivity contribution in [3.8, 4) is 11.5 Å². The van der Waals surface area contributed by atoms with Crippen LogP contribution in [0, 0.1) is 5.92 Å². The van der Waals surface area contributed by atoms with Gasteiger partial charge in [0.1, 0.15) is 6.61 Å². The summed E-state index contributed by atoms with van der Waals surface area (Å²) >= 11 is 0. The first-order valence-corrected chi connectivity index (χ1v) is 8.45. The Morgan fingerprint density at radius 3 is 2.46 bits per heavy atom. The number of benzene rings is 2. The van der Waals surface area contributed by atoms with E-state index >= 15 is 0 Å². The van der Waals surface area contributed by atoms with Gasteiger partial charge in [0, 0.05) is 6.04 Å². The van der Waals surface area contributed by atoms with Gasteiger partial charge in [-0.3, -0.25) is 0 Å². The predicted octanol–water partition coefficient (Wildman–Crippen LogP) is 4.89. The normalized spacial score (nSPS) is 14.6. The van der Waals surface area contributed by atoms with Crippen LogP contribution in [0.5, 0.6) is 11.5 Å². The van der Waals surface area contributed by atoms with Gasteiger partial charge >= 0.3 is 0 Å². The van der Waals surface area contributed by atoms with Crippen LogP contribution in [0.2, 0.25) is 0 Å². The van der Waals surface area contributed by atoms with E-state index in [0.29, 0.717) is 13.2 Å². The molecule has 0 amide bonds. The topological polar surface area (TPSA) is 44.5 Å². The van der Waals surface area contributed by atoms with Gasteiger partial charge in [0.25, 0.3) is 0 Å². The van der Waals surface area contributed by atoms with Crippen LogP contribution in [-0.2, 0) is 6.61 Å². The lowest BCUT2D eigenvalue weighted by Crippen LogP contribution is -2.11. The fourth-order valence-corrected chi connectivity index (χ4v) is 2.73. The number of halogens is 1. The Labute approximate surface area is 150 Å². The van der Waals surface area contributed by atoms with Gasteiger partial charge in [-0.05, 0) is 42.5 Å². The van der Waals surface area contributed by atoms with Crippen molar-refractivity contribution >= 4 is 12.4 Å². The highest BCUT2D eigenvalue weighted by Crippen LogP contribution is 2.38. The molecule has 0 spiro atoms. The van der Waals surface area contributed by atoms with Crippen molar-refractivity contribution in [2.75, 3.05) is 6.61 Å². The number of ether oxygens (including phenoxy) is 2. The number of hydrogen-bond acceptors (Lipinski definition) is 3. The third-order valence-electron chi connectivity index (χ3n) is 4.22. The highest BCUT2D eigenvalue weighted by molar-refractivity contribution is 5.85. The van der Waals surface area contributed by atoms with E-state index in [9.17, 15) is 0 Å². The maximum atomic E-state index is 6.32. The van der Waals surface area contributed by atoms with Gasteiger partial charge in [0.2, 0.25) is 0 Å². The number of nitrogens with two attached hydrogens (primary N) is 1. The molecule has 1 fully saturated rings. The minimum atomic E-state index is 0. The Balaban J connectivity index is 0.00000208. The summed E-state index contributed by atoms with van der Waals surface area (Å²) in [6.45, 7) is 3.13. The molecule has 0 saturated heterocycles. The Morgan fingerprint density at radius 1 is 1.04 bits per heavy atom. The van der Waals surface area contributed by atoms with Crippen molar-refractivity contribution in [2.45, 2.75) is 38.8 Å². The third-order valence-corrected chi connectivity index (χ3v) is 4.22. The van der Waals surface area contributed by atoms with Crippen LogP contribution in [0.25, 0.3) is 0 Å². The second kappa shape index (κ2) is 8.95. The molecule has 0 bridgehead atoms. The van der Waals surface area contributed by atoms with Crippen molar-refractivity contribution in [1.82, 2.24) is 0 Å². The van der Waals surface area contributed by atoms with Gasteiger partial charge in [-0.15, -0.1) is 12.4 Å². The first-order chi connectivity index (χ1) is 11.3. The molecular weight excluding hydrogens is 322 g/mol. The standard InChI is InChI=1S/C20H25NO2.ClH/c1-2-22-20-13-17(18(21)12-15-8-9-15)10-11-19(20)23-14-16-6-4-3-5-7-16;/h3-7,10-11,13,15,18H,2,8-9,12,14,21H2,1H3;1H/t18-;/m1./s1. The van der Waals surface area contributed by atoms with E-state index in [2.05, 4.69) is 18.2 Å². The smallest absolute Gasteiger partial charge is 0.161 e. The highest BCUT2D eigenvalue weighted by Gasteiger charge is 2.25. The lowest BCUT2D eigenvalue weighted by atomic mass is 10.0. The van der Waals surface area contributed by atoms with Gasteiger partial charge in [0.15, 0.2) is 11.5 Å². The Bertz CT molecular complexity index is 629. The second-order valence-electron chi connectivity index (χ2n) is 6.20. The molecule has 1 saturated carbocycles. The Hall–Kier alpha value is -1.71. The van der Waals surface area contributed by atoms with Crippen LogP contribution in [0.15, 0.2) is 48.5 Å². The molecule has 0 radical (unpaired) electrons. The van der Waals surface area contributed by atoms with Crippen LogP contribution >= 0.6 is 12.4 Å². The number of hydrogen-bond donors (Lipinski definition) is 1. The zero-order valence-corrected chi connectivity index (χ0v) is 14.9. The van der Waals surface area contributed by atoms with Crippen LogP contribution in [0.1, 0.15) is 43.4 Å². The lowest BCUT2D eigenvalue weighted by molar-refractivity contribution is 0.269. The summed E-state index contributed by atoms with van der Waals surface area (Å²) in [5.74, 6) is 2.37. The molecule has 1 atom stereocenters. The molecule has 1 aliphatic rings. The largest absolute Gasteiger partial charge is 0.490 e. The minimum absolute atomic E-state index is 0. The summed E-state index contributed by atoms with van der Waals surface area (Å²) in [6, 6.07) is 16.3. The summed E-state index contributed by atoms with van der Waals surface area (Å²) in [5, 5.41) is 0. The summed E-state index contributed by atoms with van der Waals surface area (Å²) in [6.07, 6.45) is 3.71. The van der Waals surface area contributed by atoms with E-state index < -0.39 is 0 Å². The zero-order chi connectivity index (χ0) is 16.1. The van der Waals surface area contributed by atoms with Crippen molar-refractivity contribution in [2.24, 2.45) is 11.7 Å². The van der Waals surface area contributed by atoms with Crippen LogP contribution in [0.4, 0.5) is 0 Å². The quantitative estimate of drug-likeness (QED) is 0.739. The van der Waals surface area contributed by atoms with E-state index in [0.717, 1.165) is 35.0 Å². The van der Waals surface area contributed by atoms with Crippen LogP contribution in [0.3, 0.4) is 0 Å². The average Bonchev–Trinajstić information content (AvgIpc) is 3.39. The molecule has 3 rings (SSSR count). The molecule has 0 unspecified atom stereocenters. The summed E-state index contributed by atoms with van der Waals surface area (Å²) < 4.78 is 11.7. The molecule has 0 aromatic heterocycles. The summed E-state index contributed by atoms with van der Waals surface area (Å²) in [7, 11) is 0. The molecule has 0 heterocycles. The first-order valence-electron chi connectivity index (χ1n) is 8.45. The van der Waals surface area contributed by atoms with Crippen molar-refractivity contribution in [1.29, 1.82) is 0 Å².